The average Bonchev–Trinajstić information content (AvgIpc) is 3.18. The van der Waals surface area contributed by atoms with Crippen LogP contribution in [0.15, 0.2) is 77.3 Å². The predicted octanol–water partition coefficient (Wildman–Crippen LogP) is 14.7. The second-order valence-corrected chi connectivity index (χ2v) is 25.4. The molecule has 0 bridgehead atoms. The van der Waals surface area contributed by atoms with E-state index >= 15 is 0 Å². The van der Waals surface area contributed by atoms with E-state index in [0.29, 0.717) is 17.2 Å². The molecule has 0 fully saturated rings. The first-order chi connectivity index (χ1) is 27.0. The van der Waals surface area contributed by atoms with Crippen LogP contribution in [0, 0.1) is 0 Å². The molecule has 0 spiro atoms. The summed E-state index contributed by atoms with van der Waals surface area (Å²) in [5.41, 5.74) is 3.90. The molecule has 12 heteroatoms. The van der Waals surface area contributed by atoms with Crippen molar-refractivity contribution in [1.82, 2.24) is 9.72 Å². The van der Waals surface area contributed by atoms with Crippen molar-refractivity contribution in [2.75, 3.05) is 21.3 Å². The molecular formula is C45H76N3O6P3. The Balaban J connectivity index is 1.72. The van der Waals surface area contributed by atoms with Crippen molar-refractivity contribution in [2.24, 2.45) is 4.52 Å². The number of hydrogen-bond donors (Lipinski definition) is 2. The van der Waals surface area contributed by atoms with Crippen LogP contribution in [-0.2, 0) is 29.8 Å². The molecule has 3 aromatic carbocycles. The van der Waals surface area contributed by atoms with E-state index in [2.05, 4.69) is 108 Å². The topological polar surface area (TPSA) is 91.8 Å². The van der Waals surface area contributed by atoms with Gasteiger partial charge in [0.15, 0.2) is 0 Å². The molecule has 57 heavy (non-hydrogen) atoms. The fraction of sp³-hybridized carbons (Fsp3) is 0.600. The minimum absolute atomic E-state index is 0.0393. The Morgan fingerprint density at radius 1 is 0.526 bits per heavy atom. The average molecular weight is 848 g/mol. The van der Waals surface area contributed by atoms with Crippen molar-refractivity contribution < 1.29 is 27.1 Å². The van der Waals surface area contributed by atoms with Crippen molar-refractivity contribution in [3.05, 3.63) is 89.5 Å². The molecule has 0 amide bonds. The molecule has 0 aliphatic carbocycles. The molecule has 0 aromatic heterocycles. The molecule has 3 aromatic rings. The van der Waals surface area contributed by atoms with Crippen LogP contribution in [0.3, 0.4) is 0 Å². The molecular weight excluding hydrogens is 771 g/mol. The van der Waals surface area contributed by atoms with Gasteiger partial charge in [0.05, 0.1) is 0 Å². The third-order valence-corrected chi connectivity index (χ3v) is 21.7. The summed E-state index contributed by atoms with van der Waals surface area (Å²) < 4.78 is 44.5. The van der Waals surface area contributed by atoms with Crippen molar-refractivity contribution in [3.8, 4) is 17.2 Å². The third kappa shape index (κ3) is 13.0. The molecule has 322 valence electrons. The van der Waals surface area contributed by atoms with Crippen molar-refractivity contribution in [1.29, 1.82) is 0 Å². The summed E-state index contributed by atoms with van der Waals surface area (Å²) in [5.74, 6) is 1.86. The second kappa shape index (κ2) is 21.0. The van der Waals surface area contributed by atoms with Gasteiger partial charge in [0.25, 0.3) is 0 Å². The first-order valence-corrected chi connectivity index (χ1v) is 26.5. The van der Waals surface area contributed by atoms with Crippen molar-refractivity contribution >= 4 is 23.7 Å². The molecule has 1 heterocycles. The zero-order valence-electron chi connectivity index (χ0n) is 37.3. The summed E-state index contributed by atoms with van der Waals surface area (Å²) in [7, 11) is -6.09. The summed E-state index contributed by atoms with van der Waals surface area (Å²) in [5, 5.41) is 0. The molecule has 9 nitrogen and oxygen atoms in total. The third-order valence-electron chi connectivity index (χ3n) is 11.6. The monoisotopic (exact) mass is 847 g/mol. The van der Waals surface area contributed by atoms with Gasteiger partial charge in [-0.3, -0.25) is 0 Å². The maximum atomic E-state index is 6.85. The van der Waals surface area contributed by atoms with Gasteiger partial charge in [-0.05, 0) is 0 Å². The number of hydrogen-bond acceptors (Lipinski definition) is 9. The van der Waals surface area contributed by atoms with Gasteiger partial charge in [0.1, 0.15) is 0 Å². The van der Waals surface area contributed by atoms with Gasteiger partial charge in [-0.1, -0.05) is 6.92 Å². The zero-order valence-corrected chi connectivity index (χ0v) is 40.2. The van der Waals surface area contributed by atoms with Crippen LogP contribution in [0.1, 0.15) is 156 Å². The molecule has 0 radical (unpaired) electrons. The van der Waals surface area contributed by atoms with Gasteiger partial charge in [0, 0.05) is 0 Å². The first kappa shape index (κ1) is 47.6. The van der Waals surface area contributed by atoms with Crippen LogP contribution >= 0.6 is 23.7 Å². The van der Waals surface area contributed by atoms with Crippen molar-refractivity contribution in [2.45, 2.75) is 156 Å². The SMILES string of the molecule is CCCCCC(C)(C)c1ccc(OP2(OC)=N[PH](OC)(Oc3ccc(C(C)(C)CCCCC)cc3)N[PH](OC)(Oc3ccc(C(C)(C)CCCCC)cc3)N2)cc1. The summed E-state index contributed by atoms with van der Waals surface area (Å²) in [6.45, 7) is 20.6. The Bertz CT molecular complexity index is 1720. The fourth-order valence-electron chi connectivity index (χ4n) is 7.45. The van der Waals surface area contributed by atoms with Gasteiger partial charge in [-0.15, -0.1) is 0 Å². The van der Waals surface area contributed by atoms with E-state index in [4.69, 9.17) is 31.7 Å². The summed E-state index contributed by atoms with van der Waals surface area (Å²) >= 11 is 0. The van der Waals surface area contributed by atoms with E-state index in [1.165, 1.54) is 74.5 Å². The second-order valence-electron chi connectivity index (χ2n) is 17.5. The Kier molecular flexibility index (Phi) is 17.5. The Labute approximate surface area is 347 Å². The number of nitrogens with zero attached hydrogens (tertiary/aromatic N) is 1. The zero-order chi connectivity index (χ0) is 41.8. The van der Waals surface area contributed by atoms with E-state index in [0.717, 1.165) is 19.3 Å². The van der Waals surface area contributed by atoms with Crippen LogP contribution < -0.4 is 23.3 Å². The van der Waals surface area contributed by atoms with Gasteiger partial charge in [-0.2, -0.15) is 0 Å². The quantitative estimate of drug-likeness (QED) is 0.0680. The van der Waals surface area contributed by atoms with Crippen LogP contribution in [0.2, 0.25) is 0 Å². The molecule has 1 atom stereocenters. The predicted molar refractivity (Wildman–Crippen MR) is 246 cm³/mol. The summed E-state index contributed by atoms with van der Waals surface area (Å²) in [6, 6.07) is 24.9. The molecule has 1 aliphatic rings. The standard InChI is InChI=1S/C45H76N3O6P3/c1-13-16-19-34-43(4,5)37-22-28-40(29-23-37)52-55(49-10)46-56(50-11,53-41-30-24-38(25-31-41)44(6,7)35-20-17-14-2)48-57(47-55,51-12)54-42-32-26-39(27-33-42)45(8,9)36-21-18-15-3/h22-33,46-47,55-56H,13-21,34-36H2,1-12H3. The van der Waals surface area contributed by atoms with Crippen LogP contribution in [0.25, 0.3) is 0 Å². The first-order valence-electron chi connectivity index (χ1n) is 21.3. The van der Waals surface area contributed by atoms with E-state index in [1.54, 1.807) is 21.3 Å². The van der Waals surface area contributed by atoms with Gasteiger partial charge in [-0.25, -0.2) is 0 Å². The van der Waals surface area contributed by atoms with Crippen LogP contribution in [-0.4, -0.2) is 21.3 Å². The van der Waals surface area contributed by atoms with E-state index < -0.39 is 23.7 Å². The molecule has 0 saturated carbocycles. The van der Waals surface area contributed by atoms with Crippen LogP contribution in [0.4, 0.5) is 0 Å². The Morgan fingerprint density at radius 3 is 1.26 bits per heavy atom. The fourth-order valence-corrected chi connectivity index (χ4v) is 18.9. The van der Waals surface area contributed by atoms with Gasteiger partial charge in [0.2, 0.25) is 0 Å². The maximum absolute atomic E-state index is 6.85. The summed E-state index contributed by atoms with van der Waals surface area (Å²) in [6.07, 6.45) is 14.3. The molecule has 1 unspecified atom stereocenters. The van der Waals surface area contributed by atoms with Gasteiger partial charge >= 0.3 is 342 Å². The Hall–Kier alpha value is -2.05. The Morgan fingerprint density at radius 2 is 0.912 bits per heavy atom. The van der Waals surface area contributed by atoms with Crippen molar-refractivity contribution in [3.63, 3.8) is 0 Å². The van der Waals surface area contributed by atoms with Gasteiger partial charge < -0.3 is 0 Å². The van der Waals surface area contributed by atoms with E-state index in [9.17, 15) is 0 Å². The molecule has 2 N–H and O–H groups in total. The number of benzene rings is 3. The molecule has 1 aliphatic heterocycles. The van der Waals surface area contributed by atoms with Crippen LogP contribution in [0.5, 0.6) is 17.2 Å². The van der Waals surface area contributed by atoms with E-state index in [-0.39, 0.29) is 16.2 Å². The number of unbranched alkanes of at least 4 members (excludes halogenated alkanes) is 6. The number of rotatable bonds is 24. The van der Waals surface area contributed by atoms with E-state index in [1.807, 2.05) is 36.4 Å². The normalized spacial score (nSPS) is 19.3. The molecule has 0 saturated heterocycles. The molecule has 4 rings (SSSR count). The minimum atomic E-state index is -3.80. The number of nitrogens with one attached hydrogen (secondary N) is 2. The summed E-state index contributed by atoms with van der Waals surface area (Å²) in [4.78, 5) is 7.06.